The zero-order valence-corrected chi connectivity index (χ0v) is 33.8. The Morgan fingerprint density at radius 2 is 1.05 bits per heavy atom. The van der Waals surface area contributed by atoms with Gasteiger partial charge in [-0.15, -0.1) is 0 Å². The number of hydrogen-bond donors (Lipinski definition) is 16. The number of aliphatic hydroxyl groups is 13. The van der Waals surface area contributed by atoms with Gasteiger partial charge in [-0.05, 0) is 25.1 Å². The molecule has 362 valence electrons. The Labute approximate surface area is 364 Å². The van der Waals surface area contributed by atoms with Crippen molar-refractivity contribution in [1.82, 2.24) is 0 Å². The Kier molecular flexibility index (Phi) is 14.7. The molecule has 0 radical (unpaired) electrons. The molecule has 4 aliphatic heterocycles. The van der Waals surface area contributed by atoms with Crippen LogP contribution in [0.15, 0.2) is 39.5 Å². The lowest BCUT2D eigenvalue weighted by atomic mass is 9.96. The topological polar surface area (TPSA) is 428 Å². The molecule has 26 heteroatoms. The number of rotatable bonds is 12. The van der Waals surface area contributed by atoms with Crippen LogP contribution in [0.5, 0.6) is 28.7 Å². The second kappa shape index (κ2) is 19.6. The summed E-state index contributed by atoms with van der Waals surface area (Å²) in [6.45, 7) is -1.47. The largest absolute Gasteiger partial charge is 0.507 e. The molecule has 26 nitrogen and oxygen atoms in total. The molecule has 1 aromatic heterocycles. The lowest BCUT2D eigenvalue weighted by Gasteiger charge is -2.48. The number of phenols is 3. The van der Waals surface area contributed by atoms with Gasteiger partial charge in [0.1, 0.15) is 108 Å². The zero-order valence-electron chi connectivity index (χ0n) is 33.8. The maximum atomic E-state index is 14.5. The maximum Gasteiger partial charge on any atom is 0.239 e. The minimum atomic E-state index is -2.18. The molecular formula is C39H50O26. The van der Waals surface area contributed by atoms with Crippen molar-refractivity contribution in [2.75, 3.05) is 19.8 Å². The van der Waals surface area contributed by atoms with E-state index in [4.69, 9.17) is 42.3 Å². The second-order valence-electron chi connectivity index (χ2n) is 15.8. The van der Waals surface area contributed by atoms with Crippen LogP contribution in [0.25, 0.3) is 22.3 Å². The van der Waals surface area contributed by atoms with Crippen molar-refractivity contribution in [3.05, 3.63) is 40.6 Å². The summed E-state index contributed by atoms with van der Waals surface area (Å²) in [7, 11) is 0. The van der Waals surface area contributed by atoms with Crippen LogP contribution >= 0.6 is 0 Å². The van der Waals surface area contributed by atoms with E-state index in [2.05, 4.69) is 0 Å². The third-order valence-electron chi connectivity index (χ3n) is 11.5. The van der Waals surface area contributed by atoms with Crippen molar-refractivity contribution in [1.29, 1.82) is 0 Å². The quantitative estimate of drug-likeness (QED) is 0.0751. The Balaban J connectivity index is 1.28. The number of hydrogen-bond acceptors (Lipinski definition) is 26. The van der Waals surface area contributed by atoms with Crippen LogP contribution in [-0.2, 0) is 28.4 Å². The van der Waals surface area contributed by atoms with Gasteiger partial charge in [0.05, 0.1) is 25.9 Å². The number of ether oxygens (including phenoxy) is 8. The van der Waals surface area contributed by atoms with Gasteiger partial charge in [-0.25, -0.2) is 0 Å². The third kappa shape index (κ3) is 9.30. The van der Waals surface area contributed by atoms with E-state index < -0.39 is 188 Å². The standard InChI is InChI=1S/C39H50O26/c1-10-21(46)26(51)30(55)36(57-10)58-12-5-15(45)20-16(6-12)59-32(11-2-3-13(43)14(44)4-11)33(25(20)50)63-38-35(29(54)24(49)18(8-41)61-38)65-39-34(28(53)23(48)19(9-42)62-39)64-37-31(56)27(52)22(47)17(7-40)60-37/h2-6,10,17-19,21-24,26-31,34-49,51-56H,7-9H2,1H3. The molecule has 0 amide bonds. The van der Waals surface area contributed by atoms with Crippen LogP contribution in [0.2, 0.25) is 0 Å². The minimum absolute atomic E-state index is 0.198. The van der Waals surface area contributed by atoms with Gasteiger partial charge >= 0.3 is 0 Å². The molecule has 20 atom stereocenters. The van der Waals surface area contributed by atoms with E-state index in [-0.39, 0.29) is 11.3 Å². The fourth-order valence-electron chi connectivity index (χ4n) is 7.74. The average Bonchev–Trinajstić information content (AvgIpc) is 3.28. The molecule has 0 bridgehead atoms. The fraction of sp³-hybridized carbons (Fsp3) is 0.615. The van der Waals surface area contributed by atoms with Gasteiger partial charge in [0.15, 0.2) is 35.9 Å². The Bertz CT molecular complexity index is 2170. The van der Waals surface area contributed by atoms with E-state index in [1.807, 2.05) is 0 Å². The minimum Gasteiger partial charge on any atom is -0.507 e. The Morgan fingerprint density at radius 1 is 0.523 bits per heavy atom. The normalized spacial score (nSPS) is 40.2. The summed E-state index contributed by atoms with van der Waals surface area (Å²) in [5.41, 5.74) is -1.86. The van der Waals surface area contributed by atoms with Gasteiger partial charge in [-0.2, -0.15) is 0 Å². The summed E-state index contributed by atoms with van der Waals surface area (Å²) in [4.78, 5) is 14.5. The molecule has 7 rings (SSSR count). The average molecular weight is 935 g/mol. The van der Waals surface area contributed by atoms with Gasteiger partial charge < -0.3 is 124 Å². The molecule has 0 saturated carbocycles. The van der Waals surface area contributed by atoms with Crippen LogP contribution in [-0.4, -0.2) is 224 Å². The molecule has 2 aromatic carbocycles. The van der Waals surface area contributed by atoms with Gasteiger partial charge in [-0.3, -0.25) is 4.79 Å². The highest BCUT2D eigenvalue weighted by molar-refractivity contribution is 5.88. The van der Waals surface area contributed by atoms with Gasteiger partial charge in [-0.1, -0.05) is 0 Å². The summed E-state index contributed by atoms with van der Waals surface area (Å²) in [6, 6.07) is 5.02. The van der Waals surface area contributed by atoms with Gasteiger partial charge in [0.2, 0.25) is 23.8 Å². The van der Waals surface area contributed by atoms with Crippen molar-refractivity contribution >= 4 is 11.0 Å². The highest BCUT2D eigenvalue weighted by atomic mass is 16.8. The molecule has 16 N–H and O–H groups in total. The lowest BCUT2D eigenvalue weighted by Crippen LogP contribution is -2.67. The number of fused-ring (bicyclic) bond motifs is 1. The summed E-state index contributed by atoms with van der Waals surface area (Å²) >= 11 is 0. The van der Waals surface area contributed by atoms with E-state index in [1.165, 1.54) is 6.92 Å². The number of aliphatic hydroxyl groups excluding tert-OH is 13. The Morgan fingerprint density at radius 3 is 1.65 bits per heavy atom. The highest BCUT2D eigenvalue weighted by Crippen LogP contribution is 2.41. The van der Waals surface area contributed by atoms with Crippen molar-refractivity contribution in [3.8, 4) is 40.1 Å². The Hall–Kier alpha value is -4.11. The molecule has 0 aliphatic carbocycles. The molecule has 65 heavy (non-hydrogen) atoms. The monoisotopic (exact) mass is 934 g/mol. The van der Waals surface area contributed by atoms with Crippen LogP contribution in [0.3, 0.4) is 0 Å². The van der Waals surface area contributed by atoms with Crippen LogP contribution in [0.4, 0.5) is 0 Å². The first-order chi connectivity index (χ1) is 30.8. The lowest BCUT2D eigenvalue weighted by molar-refractivity contribution is -0.389. The molecule has 4 fully saturated rings. The van der Waals surface area contributed by atoms with E-state index in [0.29, 0.717) is 0 Å². The molecule has 4 aliphatic rings. The molecule has 5 heterocycles. The molecule has 4 saturated heterocycles. The SMILES string of the molecule is CC1OC(Oc2cc(O)c3c(=O)c(OC4OC(CO)C(O)C(O)C4OC4OC(CO)C(O)C(O)C4OC4OC(CO)C(O)C(O)C4O)c(-c4ccc(O)c(O)c4)oc3c2)C(O)C(O)C1O. The second-order valence-corrected chi connectivity index (χ2v) is 15.8. The summed E-state index contributed by atoms with van der Waals surface area (Å²) in [5.74, 6) is -3.97. The molecule has 20 unspecified atom stereocenters. The molecule has 0 spiro atoms. The van der Waals surface area contributed by atoms with E-state index in [9.17, 15) is 86.5 Å². The van der Waals surface area contributed by atoms with Gasteiger partial charge in [0, 0.05) is 17.7 Å². The van der Waals surface area contributed by atoms with E-state index in [1.54, 1.807) is 0 Å². The third-order valence-corrected chi connectivity index (χ3v) is 11.5. The van der Waals surface area contributed by atoms with Crippen molar-refractivity contribution in [2.45, 2.75) is 130 Å². The maximum absolute atomic E-state index is 14.5. The first-order valence-electron chi connectivity index (χ1n) is 20.1. The van der Waals surface area contributed by atoms with E-state index in [0.717, 1.165) is 30.3 Å². The molecular weight excluding hydrogens is 884 g/mol. The number of aromatic hydroxyl groups is 3. The van der Waals surface area contributed by atoms with Crippen molar-refractivity contribution < 1.29 is 124 Å². The van der Waals surface area contributed by atoms with Crippen LogP contribution in [0, 0.1) is 0 Å². The van der Waals surface area contributed by atoms with Gasteiger partial charge in [0.25, 0.3) is 0 Å². The first kappa shape index (κ1) is 48.8. The predicted octanol–water partition coefficient (Wildman–Crippen LogP) is -6.39. The van der Waals surface area contributed by atoms with E-state index >= 15 is 0 Å². The fourth-order valence-corrected chi connectivity index (χ4v) is 7.74. The summed E-state index contributed by atoms with van der Waals surface area (Å²) in [6.07, 6.45) is -37.0. The summed E-state index contributed by atoms with van der Waals surface area (Å²) in [5, 5.41) is 168. The first-order valence-corrected chi connectivity index (χ1v) is 20.1. The predicted molar refractivity (Wildman–Crippen MR) is 206 cm³/mol. The highest BCUT2D eigenvalue weighted by Gasteiger charge is 2.55. The van der Waals surface area contributed by atoms with Crippen LogP contribution < -0.4 is 14.9 Å². The van der Waals surface area contributed by atoms with Crippen molar-refractivity contribution in [2.24, 2.45) is 0 Å². The zero-order chi connectivity index (χ0) is 47.3. The van der Waals surface area contributed by atoms with Crippen molar-refractivity contribution in [3.63, 3.8) is 0 Å². The number of phenolic OH excluding ortho intramolecular Hbond substituents is 3. The summed E-state index contributed by atoms with van der Waals surface area (Å²) < 4.78 is 51.6. The van der Waals surface area contributed by atoms with Crippen LogP contribution in [0.1, 0.15) is 6.92 Å². The number of benzene rings is 2. The molecule has 3 aromatic rings. The smallest absolute Gasteiger partial charge is 0.239 e.